The molecular weight excluding hydrogens is 224 g/mol. The molecule has 0 aromatic heterocycles. The molecule has 18 heavy (non-hydrogen) atoms. The predicted octanol–water partition coefficient (Wildman–Crippen LogP) is 4.50. The molecule has 0 saturated heterocycles. The van der Waals surface area contributed by atoms with Gasteiger partial charge in [0.1, 0.15) is 5.75 Å². The first-order valence-corrected chi connectivity index (χ1v) is 6.75. The van der Waals surface area contributed by atoms with Crippen molar-refractivity contribution >= 4 is 5.78 Å². The van der Waals surface area contributed by atoms with Crippen LogP contribution < -0.4 is 4.74 Å². The Labute approximate surface area is 110 Å². The lowest BCUT2D eigenvalue weighted by atomic mass is 9.95. The molecular formula is C16H24O2. The molecule has 2 heteroatoms. The number of benzene rings is 1. The Balaban J connectivity index is 3.18. The van der Waals surface area contributed by atoms with Crippen LogP contribution >= 0.6 is 0 Å². The van der Waals surface area contributed by atoms with Gasteiger partial charge in [-0.2, -0.15) is 0 Å². The number of ketones is 1. The van der Waals surface area contributed by atoms with Crippen LogP contribution in [0.5, 0.6) is 5.75 Å². The van der Waals surface area contributed by atoms with Crippen LogP contribution in [0.3, 0.4) is 0 Å². The van der Waals surface area contributed by atoms with E-state index in [1.807, 2.05) is 13.0 Å². The van der Waals surface area contributed by atoms with E-state index >= 15 is 0 Å². The van der Waals surface area contributed by atoms with Gasteiger partial charge in [0.15, 0.2) is 5.78 Å². The maximum absolute atomic E-state index is 11.7. The van der Waals surface area contributed by atoms with E-state index in [1.165, 1.54) is 0 Å². The first-order valence-electron chi connectivity index (χ1n) is 6.75. The molecule has 0 unspecified atom stereocenters. The van der Waals surface area contributed by atoms with E-state index in [0.717, 1.165) is 35.3 Å². The quantitative estimate of drug-likeness (QED) is 0.547. The smallest absolute Gasteiger partial charge is 0.163 e. The molecule has 0 N–H and O–H groups in total. The van der Waals surface area contributed by atoms with E-state index in [9.17, 15) is 4.79 Å². The zero-order chi connectivity index (χ0) is 13.7. The summed E-state index contributed by atoms with van der Waals surface area (Å²) in [4.78, 5) is 11.7. The highest BCUT2D eigenvalue weighted by atomic mass is 16.5. The maximum Gasteiger partial charge on any atom is 0.163 e. The van der Waals surface area contributed by atoms with Crippen molar-refractivity contribution in [1.29, 1.82) is 0 Å². The van der Waals surface area contributed by atoms with Crippen LogP contribution in [-0.2, 0) is 0 Å². The monoisotopic (exact) mass is 248 g/mol. The van der Waals surface area contributed by atoms with Gasteiger partial charge in [0.05, 0.1) is 12.2 Å². The fraction of sp³-hybridized carbons (Fsp3) is 0.562. The average Bonchev–Trinajstić information content (AvgIpc) is 2.30. The van der Waals surface area contributed by atoms with E-state index in [-0.39, 0.29) is 5.78 Å². The van der Waals surface area contributed by atoms with Crippen molar-refractivity contribution in [2.24, 2.45) is 0 Å². The first kappa shape index (κ1) is 14.7. The van der Waals surface area contributed by atoms with Crippen molar-refractivity contribution in [3.05, 3.63) is 28.8 Å². The van der Waals surface area contributed by atoms with Gasteiger partial charge >= 0.3 is 0 Å². The second-order valence-corrected chi connectivity index (χ2v) is 5.14. The summed E-state index contributed by atoms with van der Waals surface area (Å²) in [5.41, 5.74) is 2.97. The van der Waals surface area contributed by atoms with Gasteiger partial charge < -0.3 is 4.74 Å². The minimum absolute atomic E-state index is 0.0760. The molecule has 2 nitrogen and oxygen atoms in total. The van der Waals surface area contributed by atoms with Gasteiger partial charge in [-0.15, -0.1) is 0 Å². The maximum atomic E-state index is 11.7. The summed E-state index contributed by atoms with van der Waals surface area (Å²) in [6.07, 6.45) is 2.11. The predicted molar refractivity (Wildman–Crippen MR) is 75.7 cm³/mol. The highest BCUT2D eigenvalue weighted by Crippen LogP contribution is 2.32. The third-order valence-corrected chi connectivity index (χ3v) is 3.01. The Morgan fingerprint density at radius 2 is 2.00 bits per heavy atom. The van der Waals surface area contributed by atoms with Gasteiger partial charge in [-0.3, -0.25) is 4.79 Å². The topological polar surface area (TPSA) is 26.3 Å². The molecule has 0 bridgehead atoms. The minimum atomic E-state index is 0.0760. The van der Waals surface area contributed by atoms with Crippen LogP contribution in [0.1, 0.15) is 67.9 Å². The summed E-state index contributed by atoms with van der Waals surface area (Å²) in [5, 5.41) is 0. The summed E-state index contributed by atoms with van der Waals surface area (Å²) >= 11 is 0. The number of aryl methyl sites for hydroxylation is 1. The molecule has 0 atom stereocenters. The van der Waals surface area contributed by atoms with Crippen molar-refractivity contribution in [2.45, 2.75) is 53.4 Å². The van der Waals surface area contributed by atoms with E-state index in [4.69, 9.17) is 4.74 Å². The second-order valence-electron chi connectivity index (χ2n) is 5.14. The molecule has 0 aliphatic carbocycles. The number of carbonyl (C=O) groups is 1. The molecule has 100 valence electrons. The van der Waals surface area contributed by atoms with Crippen LogP contribution in [0.25, 0.3) is 0 Å². The van der Waals surface area contributed by atoms with E-state index in [2.05, 4.69) is 26.8 Å². The third-order valence-electron chi connectivity index (χ3n) is 3.01. The largest absolute Gasteiger partial charge is 0.493 e. The number of Topliss-reactive ketones (excluding diaryl/α,β-unsaturated/α-hetero) is 1. The Morgan fingerprint density at radius 1 is 1.33 bits per heavy atom. The molecule has 0 saturated carbocycles. The standard InChI is InChI=1S/C16H24O2/c1-6-7-8-18-16-14(11(2)3)9-12(4)10-15(16)13(5)17/h9-11H,6-8H2,1-5H3. The Morgan fingerprint density at radius 3 is 2.50 bits per heavy atom. The molecule has 0 fully saturated rings. The Bertz CT molecular complexity index is 419. The van der Waals surface area contributed by atoms with Crippen LogP contribution in [0.4, 0.5) is 0 Å². The minimum Gasteiger partial charge on any atom is -0.493 e. The van der Waals surface area contributed by atoms with E-state index in [1.54, 1.807) is 6.92 Å². The Kier molecular flexibility index (Phi) is 5.39. The third kappa shape index (κ3) is 3.59. The number of hydrogen-bond donors (Lipinski definition) is 0. The van der Waals surface area contributed by atoms with Crippen LogP contribution in [-0.4, -0.2) is 12.4 Å². The summed E-state index contributed by atoms with van der Waals surface area (Å²) in [6.45, 7) is 10.7. The second kappa shape index (κ2) is 6.58. The highest BCUT2D eigenvalue weighted by molar-refractivity contribution is 5.97. The summed E-state index contributed by atoms with van der Waals surface area (Å²) in [5.74, 6) is 1.23. The highest BCUT2D eigenvalue weighted by Gasteiger charge is 2.16. The zero-order valence-corrected chi connectivity index (χ0v) is 12.2. The van der Waals surface area contributed by atoms with Gasteiger partial charge in [-0.1, -0.05) is 33.3 Å². The summed E-state index contributed by atoms with van der Waals surface area (Å²) in [6, 6.07) is 4.05. The molecule has 0 radical (unpaired) electrons. The van der Waals surface area contributed by atoms with Crippen molar-refractivity contribution in [3.8, 4) is 5.75 Å². The fourth-order valence-electron chi connectivity index (χ4n) is 1.97. The molecule has 1 aromatic carbocycles. The van der Waals surface area contributed by atoms with Crippen molar-refractivity contribution in [1.82, 2.24) is 0 Å². The number of unbranched alkanes of at least 4 members (excludes halogenated alkanes) is 1. The van der Waals surface area contributed by atoms with Gasteiger partial charge in [0.25, 0.3) is 0 Å². The SMILES string of the molecule is CCCCOc1c(C(C)=O)cc(C)cc1C(C)C. The first-order chi connectivity index (χ1) is 8.47. The molecule has 0 amide bonds. The fourth-order valence-corrected chi connectivity index (χ4v) is 1.97. The van der Waals surface area contributed by atoms with E-state index < -0.39 is 0 Å². The summed E-state index contributed by atoms with van der Waals surface area (Å²) in [7, 11) is 0. The number of rotatable bonds is 6. The van der Waals surface area contributed by atoms with E-state index in [0.29, 0.717) is 12.5 Å². The molecule has 1 aromatic rings. The lowest BCUT2D eigenvalue weighted by molar-refractivity contribution is 0.101. The molecule has 0 heterocycles. The lowest BCUT2D eigenvalue weighted by Gasteiger charge is -2.18. The molecule has 0 aliphatic heterocycles. The molecule has 0 aliphatic rings. The number of carbonyl (C=O) groups excluding carboxylic acids is 1. The Hall–Kier alpha value is -1.31. The van der Waals surface area contributed by atoms with Crippen LogP contribution in [0.15, 0.2) is 12.1 Å². The normalized spacial score (nSPS) is 10.8. The average molecular weight is 248 g/mol. The van der Waals surface area contributed by atoms with Gasteiger partial charge in [0, 0.05) is 0 Å². The van der Waals surface area contributed by atoms with Gasteiger partial charge in [-0.05, 0) is 43.4 Å². The van der Waals surface area contributed by atoms with Crippen LogP contribution in [0, 0.1) is 6.92 Å². The number of ether oxygens (including phenoxy) is 1. The molecule has 1 rings (SSSR count). The lowest BCUT2D eigenvalue weighted by Crippen LogP contribution is -2.07. The summed E-state index contributed by atoms with van der Waals surface area (Å²) < 4.78 is 5.87. The van der Waals surface area contributed by atoms with Gasteiger partial charge in [-0.25, -0.2) is 0 Å². The van der Waals surface area contributed by atoms with Gasteiger partial charge in [0.2, 0.25) is 0 Å². The van der Waals surface area contributed by atoms with Crippen molar-refractivity contribution in [2.75, 3.05) is 6.61 Å². The molecule has 0 spiro atoms. The number of hydrogen-bond acceptors (Lipinski definition) is 2. The van der Waals surface area contributed by atoms with Crippen molar-refractivity contribution in [3.63, 3.8) is 0 Å². The van der Waals surface area contributed by atoms with Crippen LogP contribution in [0.2, 0.25) is 0 Å². The van der Waals surface area contributed by atoms with Crippen molar-refractivity contribution < 1.29 is 9.53 Å². The zero-order valence-electron chi connectivity index (χ0n) is 12.2.